The highest BCUT2D eigenvalue weighted by Gasteiger charge is 2.05. The molecule has 138 valence electrons. The molecule has 0 aromatic heterocycles. The normalized spacial score (nSPS) is 10.6. The van der Waals surface area contributed by atoms with Gasteiger partial charge in [0.1, 0.15) is 0 Å². The van der Waals surface area contributed by atoms with Crippen molar-refractivity contribution in [2.45, 2.75) is 30.4 Å². The fourth-order valence-corrected chi connectivity index (χ4v) is 3.66. The molecule has 3 aromatic carbocycles. The van der Waals surface area contributed by atoms with Gasteiger partial charge in [0.25, 0.3) is 5.91 Å². The Hall–Kier alpha value is -2.52. The molecule has 1 N–H and O–H groups in total. The molecule has 3 aromatic rings. The van der Waals surface area contributed by atoms with Gasteiger partial charge in [0.05, 0.1) is 0 Å². The van der Waals surface area contributed by atoms with E-state index in [0.29, 0.717) is 6.54 Å². The van der Waals surface area contributed by atoms with Crippen LogP contribution in [0.4, 0.5) is 0 Å². The average Bonchev–Trinajstić information content (AvgIpc) is 2.72. The van der Waals surface area contributed by atoms with E-state index in [4.69, 9.17) is 0 Å². The van der Waals surface area contributed by atoms with Crippen molar-refractivity contribution in [3.63, 3.8) is 0 Å². The fraction of sp³-hybridized carbons (Fsp3) is 0.208. The molecule has 0 aliphatic carbocycles. The highest BCUT2D eigenvalue weighted by atomic mass is 32.2. The summed E-state index contributed by atoms with van der Waals surface area (Å²) >= 11 is 1.80. The van der Waals surface area contributed by atoms with Crippen LogP contribution in [0.3, 0.4) is 0 Å². The molecular formula is C24H25NOS. The molecule has 2 nitrogen and oxygen atoms in total. The monoisotopic (exact) mass is 375 g/mol. The molecular weight excluding hydrogens is 350 g/mol. The summed E-state index contributed by atoms with van der Waals surface area (Å²) < 4.78 is 0. The standard InChI is InChI=1S/C24H25NOS/c1-19-9-11-20(12-10-19)6-5-17-25-24(26)22-15-13-21(14-16-22)18-27-23-7-3-2-4-8-23/h2-4,7-16H,5-6,17-18H2,1H3,(H,25,26). The number of thioether (sulfide) groups is 1. The van der Waals surface area contributed by atoms with Crippen molar-refractivity contribution in [3.8, 4) is 0 Å². The molecule has 0 aliphatic heterocycles. The summed E-state index contributed by atoms with van der Waals surface area (Å²) in [6.45, 7) is 2.79. The topological polar surface area (TPSA) is 29.1 Å². The largest absolute Gasteiger partial charge is 0.352 e. The Morgan fingerprint density at radius 2 is 1.52 bits per heavy atom. The Morgan fingerprint density at radius 1 is 0.852 bits per heavy atom. The maximum atomic E-state index is 12.3. The van der Waals surface area contributed by atoms with Crippen LogP contribution in [-0.4, -0.2) is 12.5 Å². The van der Waals surface area contributed by atoms with Crippen LogP contribution in [0.25, 0.3) is 0 Å². The first-order valence-corrected chi connectivity index (χ1v) is 10.3. The number of benzene rings is 3. The second-order valence-corrected chi connectivity index (χ2v) is 7.69. The van der Waals surface area contributed by atoms with Gasteiger partial charge >= 0.3 is 0 Å². The van der Waals surface area contributed by atoms with Gasteiger partial charge in [-0.05, 0) is 55.2 Å². The summed E-state index contributed by atoms with van der Waals surface area (Å²) in [5, 5.41) is 3.01. The van der Waals surface area contributed by atoms with E-state index < -0.39 is 0 Å². The third-order valence-corrected chi connectivity index (χ3v) is 5.50. The summed E-state index contributed by atoms with van der Waals surface area (Å²) in [6.07, 6.45) is 1.93. The molecule has 0 saturated heterocycles. The van der Waals surface area contributed by atoms with Gasteiger partial charge in [-0.15, -0.1) is 11.8 Å². The summed E-state index contributed by atoms with van der Waals surface area (Å²) in [7, 11) is 0. The molecule has 0 radical (unpaired) electrons. The molecule has 27 heavy (non-hydrogen) atoms. The van der Waals surface area contributed by atoms with Crippen LogP contribution in [0.2, 0.25) is 0 Å². The van der Waals surface area contributed by atoms with E-state index in [2.05, 4.69) is 60.8 Å². The third-order valence-electron chi connectivity index (χ3n) is 4.41. The van der Waals surface area contributed by atoms with Gasteiger partial charge < -0.3 is 5.32 Å². The van der Waals surface area contributed by atoms with Gasteiger partial charge in [-0.2, -0.15) is 0 Å². The van der Waals surface area contributed by atoms with E-state index in [1.807, 2.05) is 30.3 Å². The molecule has 0 saturated carbocycles. The minimum absolute atomic E-state index is 0.00108. The summed E-state index contributed by atoms with van der Waals surface area (Å²) in [4.78, 5) is 13.5. The minimum atomic E-state index is 0.00108. The van der Waals surface area contributed by atoms with Gasteiger partial charge in [-0.1, -0.05) is 60.2 Å². The lowest BCUT2D eigenvalue weighted by Gasteiger charge is -2.07. The number of carbonyl (C=O) groups is 1. The molecule has 3 rings (SSSR count). The molecule has 3 heteroatoms. The quantitative estimate of drug-likeness (QED) is 0.407. The van der Waals surface area contributed by atoms with E-state index in [1.165, 1.54) is 21.6 Å². The van der Waals surface area contributed by atoms with E-state index >= 15 is 0 Å². The first-order valence-electron chi connectivity index (χ1n) is 9.31. The lowest BCUT2D eigenvalue weighted by molar-refractivity contribution is 0.0953. The lowest BCUT2D eigenvalue weighted by atomic mass is 10.1. The van der Waals surface area contributed by atoms with E-state index in [0.717, 1.165) is 24.2 Å². The highest BCUT2D eigenvalue weighted by Crippen LogP contribution is 2.22. The molecule has 0 aliphatic rings. The van der Waals surface area contributed by atoms with E-state index in [1.54, 1.807) is 11.8 Å². The average molecular weight is 376 g/mol. The van der Waals surface area contributed by atoms with Crippen LogP contribution >= 0.6 is 11.8 Å². The van der Waals surface area contributed by atoms with Crippen LogP contribution in [0.1, 0.15) is 33.5 Å². The third kappa shape index (κ3) is 6.30. The first-order chi connectivity index (χ1) is 13.2. The second-order valence-electron chi connectivity index (χ2n) is 6.64. The number of hydrogen-bond acceptors (Lipinski definition) is 2. The van der Waals surface area contributed by atoms with Crippen molar-refractivity contribution in [2.24, 2.45) is 0 Å². The number of nitrogens with one attached hydrogen (secondary N) is 1. The maximum Gasteiger partial charge on any atom is 0.251 e. The SMILES string of the molecule is Cc1ccc(CCCNC(=O)c2ccc(CSc3ccccc3)cc2)cc1. The number of amides is 1. The lowest BCUT2D eigenvalue weighted by Crippen LogP contribution is -2.24. The predicted molar refractivity (Wildman–Crippen MR) is 114 cm³/mol. The molecule has 1 amide bonds. The molecule has 0 bridgehead atoms. The number of carbonyl (C=O) groups excluding carboxylic acids is 1. The van der Waals surface area contributed by atoms with Crippen LogP contribution < -0.4 is 5.32 Å². The van der Waals surface area contributed by atoms with Crippen molar-refractivity contribution >= 4 is 17.7 Å². The zero-order valence-electron chi connectivity index (χ0n) is 15.7. The van der Waals surface area contributed by atoms with Crippen LogP contribution in [0.5, 0.6) is 0 Å². The van der Waals surface area contributed by atoms with Crippen LogP contribution in [0, 0.1) is 6.92 Å². The first kappa shape index (κ1) is 19.2. The highest BCUT2D eigenvalue weighted by molar-refractivity contribution is 7.98. The molecule has 0 atom stereocenters. The molecule has 0 spiro atoms. The van der Waals surface area contributed by atoms with E-state index in [-0.39, 0.29) is 5.91 Å². The fourth-order valence-electron chi connectivity index (χ4n) is 2.79. The Balaban J connectivity index is 1.41. The zero-order chi connectivity index (χ0) is 18.9. The summed E-state index contributed by atoms with van der Waals surface area (Å²) in [5.41, 5.74) is 4.53. The second kappa shape index (κ2) is 9.98. The van der Waals surface area contributed by atoms with Crippen molar-refractivity contribution in [3.05, 3.63) is 101 Å². The summed E-state index contributed by atoms with van der Waals surface area (Å²) in [5.74, 6) is 0.906. The van der Waals surface area contributed by atoms with Crippen LogP contribution in [-0.2, 0) is 12.2 Å². The van der Waals surface area contributed by atoms with Gasteiger partial charge in [0.15, 0.2) is 0 Å². The van der Waals surface area contributed by atoms with Gasteiger partial charge in [0.2, 0.25) is 0 Å². The number of hydrogen-bond donors (Lipinski definition) is 1. The molecule has 0 fully saturated rings. The van der Waals surface area contributed by atoms with Gasteiger partial charge in [0, 0.05) is 22.8 Å². The summed E-state index contributed by atoms with van der Waals surface area (Å²) in [6, 6.07) is 26.8. The van der Waals surface area contributed by atoms with Crippen LogP contribution in [0.15, 0.2) is 83.8 Å². The Labute approximate surface area is 166 Å². The number of rotatable bonds is 8. The molecule has 0 heterocycles. The number of aryl methyl sites for hydroxylation is 2. The Morgan fingerprint density at radius 3 is 2.22 bits per heavy atom. The van der Waals surface area contributed by atoms with E-state index in [9.17, 15) is 4.79 Å². The predicted octanol–water partition coefficient (Wildman–Crippen LogP) is 5.65. The minimum Gasteiger partial charge on any atom is -0.352 e. The van der Waals surface area contributed by atoms with Gasteiger partial charge in [-0.3, -0.25) is 4.79 Å². The van der Waals surface area contributed by atoms with Crippen molar-refractivity contribution in [2.75, 3.05) is 6.54 Å². The van der Waals surface area contributed by atoms with Crippen molar-refractivity contribution in [1.29, 1.82) is 0 Å². The Bertz CT molecular complexity index is 842. The van der Waals surface area contributed by atoms with Crippen molar-refractivity contribution < 1.29 is 4.79 Å². The smallest absolute Gasteiger partial charge is 0.251 e. The Kier molecular flexibility index (Phi) is 7.11. The van der Waals surface area contributed by atoms with Crippen molar-refractivity contribution in [1.82, 2.24) is 5.32 Å². The maximum absolute atomic E-state index is 12.3. The zero-order valence-corrected chi connectivity index (χ0v) is 16.5. The molecule has 0 unspecified atom stereocenters. The van der Waals surface area contributed by atoms with Gasteiger partial charge in [-0.25, -0.2) is 0 Å².